The Morgan fingerprint density at radius 1 is 1.25 bits per heavy atom. The van der Waals surface area contributed by atoms with E-state index in [1.165, 1.54) is 31.4 Å². The molecule has 2 bridgehead atoms. The molecule has 10 heteroatoms. The van der Waals surface area contributed by atoms with Crippen molar-refractivity contribution in [3.05, 3.63) is 71.4 Å². The van der Waals surface area contributed by atoms with E-state index in [2.05, 4.69) is 20.6 Å². The van der Waals surface area contributed by atoms with Crippen molar-refractivity contribution in [3.63, 3.8) is 0 Å². The lowest BCUT2D eigenvalue weighted by Gasteiger charge is -2.31. The third-order valence-corrected chi connectivity index (χ3v) is 7.12. The van der Waals surface area contributed by atoms with Crippen molar-refractivity contribution in [2.45, 2.75) is 18.5 Å². The third kappa shape index (κ3) is 3.44. The first-order valence-electron chi connectivity index (χ1n) is 11.8. The molecule has 2 N–H and O–H groups in total. The van der Waals surface area contributed by atoms with E-state index in [0.29, 0.717) is 22.5 Å². The maximum Gasteiger partial charge on any atom is 0.321 e. The molecule has 6 rings (SSSR count). The summed E-state index contributed by atoms with van der Waals surface area (Å²) in [6.45, 7) is 1.70. The summed E-state index contributed by atoms with van der Waals surface area (Å²) in [4.78, 5) is 15.7. The van der Waals surface area contributed by atoms with Crippen LogP contribution in [0, 0.1) is 11.0 Å². The van der Waals surface area contributed by atoms with Crippen LogP contribution in [0.25, 0.3) is 22.2 Å². The second-order valence-electron chi connectivity index (χ2n) is 9.17. The number of amides is 1. The quantitative estimate of drug-likeness (QED) is 0.331. The number of nitrogens with zero attached hydrogens (tertiary/aromatic N) is 4. The van der Waals surface area contributed by atoms with E-state index < -0.39 is 11.7 Å². The first-order valence-corrected chi connectivity index (χ1v) is 11.8. The number of anilines is 2. The van der Waals surface area contributed by atoms with E-state index >= 15 is 0 Å². The monoisotopic (exact) mass is 488 g/mol. The molecule has 1 amide bonds. The predicted octanol–water partition coefficient (Wildman–Crippen LogP) is 2.82. The van der Waals surface area contributed by atoms with Gasteiger partial charge >= 0.3 is 5.91 Å². The molecule has 0 saturated carbocycles. The van der Waals surface area contributed by atoms with Gasteiger partial charge in [0.2, 0.25) is 5.69 Å². The number of fused-ring (bicyclic) bond motifs is 3. The van der Waals surface area contributed by atoms with Gasteiger partial charge < -0.3 is 25.5 Å². The number of nitrogens with one attached hydrogen (secondary N) is 2. The average Bonchev–Trinajstić information content (AvgIpc) is 3.60. The topological polar surface area (TPSA) is 98.4 Å². The summed E-state index contributed by atoms with van der Waals surface area (Å²) in [5, 5.41) is 25.1. The molecule has 2 aliphatic heterocycles. The van der Waals surface area contributed by atoms with Crippen molar-refractivity contribution >= 4 is 28.2 Å². The zero-order valence-corrected chi connectivity index (χ0v) is 19.9. The van der Waals surface area contributed by atoms with E-state index in [9.17, 15) is 14.4 Å². The van der Waals surface area contributed by atoms with Gasteiger partial charge in [0.1, 0.15) is 17.1 Å². The van der Waals surface area contributed by atoms with E-state index in [0.717, 1.165) is 36.1 Å². The van der Waals surface area contributed by atoms with Crippen molar-refractivity contribution in [3.8, 4) is 17.0 Å². The van der Waals surface area contributed by atoms with Crippen LogP contribution in [-0.4, -0.2) is 48.0 Å². The van der Waals surface area contributed by atoms with Crippen molar-refractivity contribution in [2.24, 2.45) is 7.05 Å². The van der Waals surface area contributed by atoms with E-state index in [1.54, 1.807) is 23.0 Å². The summed E-state index contributed by atoms with van der Waals surface area (Å²) < 4.78 is 22.2. The fourth-order valence-corrected chi connectivity index (χ4v) is 5.42. The van der Waals surface area contributed by atoms with Crippen LogP contribution in [0.5, 0.6) is 5.75 Å². The number of carbonyl (C=O) groups excluding carboxylic acids is 1. The highest BCUT2D eigenvalue weighted by Gasteiger charge is 2.39. The van der Waals surface area contributed by atoms with Gasteiger partial charge in [-0.15, -0.1) is 0 Å². The second-order valence-corrected chi connectivity index (χ2v) is 9.17. The number of halogens is 1. The minimum atomic E-state index is -0.612. The molecule has 2 aromatic heterocycles. The van der Waals surface area contributed by atoms with Crippen LogP contribution in [0.15, 0.2) is 54.7 Å². The number of aromatic nitrogens is 3. The standard InChI is InChI=1S/C26H25FN6O3/c1-31-20-10-9-19(25(17(20)13-29-31)32-14-15-11-16(32)12-28-15)30-26(34)22-7-4-6-21(33(22)35)24-18(27)5-3-8-23(24)36-2/h3-10,13,15-16,28H,11-12,14H2,1-2H3,(H,30,34)/t15-,16-/m1/s1. The first kappa shape index (κ1) is 22.3. The molecule has 4 heterocycles. The number of rotatable bonds is 5. The van der Waals surface area contributed by atoms with Crippen molar-refractivity contribution in [2.75, 3.05) is 30.4 Å². The number of hydrogen-bond donors (Lipinski definition) is 2. The molecule has 2 saturated heterocycles. The van der Waals surface area contributed by atoms with Gasteiger partial charge in [0.05, 0.1) is 30.2 Å². The highest BCUT2D eigenvalue weighted by atomic mass is 19.1. The van der Waals surface area contributed by atoms with Crippen LogP contribution >= 0.6 is 0 Å². The molecule has 9 nitrogen and oxygen atoms in total. The van der Waals surface area contributed by atoms with Crippen molar-refractivity contribution < 1.29 is 18.7 Å². The molecule has 0 radical (unpaired) electrons. The fraction of sp³-hybridized carbons (Fsp3) is 0.269. The van der Waals surface area contributed by atoms with Gasteiger partial charge in [-0.3, -0.25) is 9.48 Å². The minimum absolute atomic E-state index is 0.00251. The van der Waals surface area contributed by atoms with Crippen LogP contribution < -0.4 is 25.0 Å². The molecule has 4 aromatic rings. The van der Waals surface area contributed by atoms with Crippen LogP contribution in [-0.2, 0) is 7.05 Å². The molecular formula is C26H25FN6O3. The molecule has 2 atom stereocenters. The number of carbonyl (C=O) groups is 1. The Morgan fingerprint density at radius 3 is 2.83 bits per heavy atom. The second kappa shape index (κ2) is 8.49. The Hall–Kier alpha value is -4.18. The van der Waals surface area contributed by atoms with E-state index in [4.69, 9.17) is 4.74 Å². The van der Waals surface area contributed by atoms with Gasteiger partial charge in [-0.1, -0.05) is 6.07 Å². The number of benzene rings is 2. The van der Waals surface area contributed by atoms with Gasteiger partial charge in [-0.2, -0.15) is 9.83 Å². The average molecular weight is 489 g/mol. The normalized spacial score (nSPS) is 18.7. The Balaban J connectivity index is 1.40. The number of ether oxygens (including phenoxy) is 1. The molecule has 36 heavy (non-hydrogen) atoms. The molecule has 2 aliphatic rings. The summed E-state index contributed by atoms with van der Waals surface area (Å²) in [6.07, 6.45) is 2.84. The largest absolute Gasteiger partial charge is 0.618 e. The zero-order valence-electron chi connectivity index (χ0n) is 19.9. The number of aryl methyl sites for hydroxylation is 1. The summed E-state index contributed by atoms with van der Waals surface area (Å²) in [5.74, 6) is -0.994. The molecular weight excluding hydrogens is 463 g/mol. The summed E-state index contributed by atoms with van der Waals surface area (Å²) >= 11 is 0. The lowest BCUT2D eigenvalue weighted by atomic mass is 10.1. The van der Waals surface area contributed by atoms with Crippen LogP contribution in [0.4, 0.5) is 15.8 Å². The highest BCUT2D eigenvalue weighted by molar-refractivity contribution is 6.08. The predicted molar refractivity (Wildman–Crippen MR) is 134 cm³/mol. The van der Waals surface area contributed by atoms with Gasteiger partial charge in [-0.25, -0.2) is 4.39 Å². The number of piperazine rings is 1. The zero-order chi connectivity index (χ0) is 25.0. The Bertz CT molecular complexity index is 1500. The van der Waals surface area contributed by atoms with E-state index in [1.807, 2.05) is 19.2 Å². The van der Waals surface area contributed by atoms with Gasteiger partial charge in [0.25, 0.3) is 5.69 Å². The van der Waals surface area contributed by atoms with E-state index in [-0.39, 0.29) is 22.7 Å². The van der Waals surface area contributed by atoms with Gasteiger partial charge in [0.15, 0.2) is 0 Å². The highest BCUT2D eigenvalue weighted by Crippen LogP contribution is 2.40. The lowest BCUT2D eigenvalue weighted by Crippen LogP contribution is -2.44. The van der Waals surface area contributed by atoms with Gasteiger partial charge in [0, 0.05) is 49.7 Å². The Labute approximate surface area is 206 Å². The molecule has 184 valence electrons. The molecule has 2 fully saturated rings. The van der Waals surface area contributed by atoms with Crippen LogP contribution in [0.1, 0.15) is 16.9 Å². The Morgan fingerprint density at radius 2 is 2.08 bits per heavy atom. The fourth-order valence-electron chi connectivity index (χ4n) is 5.42. The minimum Gasteiger partial charge on any atom is -0.618 e. The number of methoxy groups -OCH3 is 1. The lowest BCUT2D eigenvalue weighted by molar-refractivity contribution is -0.596. The van der Waals surface area contributed by atoms with Crippen molar-refractivity contribution in [1.82, 2.24) is 15.1 Å². The third-order valence-electron chi connectivity index (χ3n) is 7.12. The molecule has 0 unspecified atom stereocenters. The molecule has 0 spiro atoms. The first-order chi connectivity index (χ1) is 17.5. The number of hydrogen-bond acceptors (Lipinski definition) is 6. The summed E-state index contributed by atoms with van der Waals surface area (Å²) in [6, 6.07) is 13.2. The number of pyridine rings is 1. The Kier molecular flexibility index (Phi) is 5.26. The molecule has 0 aliphatic carbocycles. The SMILES string of the molecule is COc1cccc(F)c1-c1cccc(C(=O)Nc2ccc3c(cnn3C)c2N2C[C@H]3C[C@@H]2CN3)[n+]1[O-]. The maximum absolute atomic E-state index is 14.7. The smallest absolute Gasteiger partial charge is 0.321 e. The van der Waals surface area contributed by atoms with Crippen LogP contribution in [0.2, 0.25) is 0 Å². The van der Waals surface area contributed by atoms with Crippen molar-refractivity contribution in [1.29, 1.82) is 0 Å². The molecule has 2 aromatic carbocycles. The summed E-state index contributed by atoms with van der Waals surface area (Å²) in [5.41, 5.74) is 2.28. The summed E-state index contributed by atoms with van der Waals surface area (Å²) in [7, 11) is 3.28. The maximum atomic E-state index is 14.7. The van der Waals surface area contributed by atoms with Gasteiger partial charge in [-0.05, 0) is 36.8 Å². The van der Waals surface area contributed by atoms with Crippen LogP contribution in [0.3, 0.4) is 0 Å².